The van der Waals surface area contributed by atoms with Gasteiger partial charge in [0.15, 0.2) is 0 Å². The van der Waals surface area contributed by atoms with Gasteiger partial charge < -0.3 is 15.0 Å². The van der Waals surface area contributed by atoms with Crippen molar-refractivity contribution in [1.82, 2.24) is 15.3 Å². The second-order valence-corrected chi connectivity index (χ2v) is 5.92. The number of para-hydroxylation sites is 1. The van der Waals surface area contributed by atoms with Gasteiger partial charge in [0.05, 0.1) is 23.0 Å². The molecule has 2 heterocycles. The molecule has 0 radical (unpaired) electrons. The Kier molecular flexibility index (Phi) is 5.05. The molecule has 1 aromatic heterocycles. The first-order valence-electron chi connectivity index (χ1n) is 8.19. The third-order valence-electron chi connectivity index (χ3n) is 4.19. The van der Waals surface area contributed by atoms with Crippen molar-refractivity contribution in [3.63, 3.8) is 0 Å². The number of carbonyl (C=O) groups excluding carboxylic acids is 1. The van der Waals surface area contributed by atoms with Gasteiger partial charge in [0, 0.05) is 19.4 Å². The third kappa shape index (κ3) is 3.71. The molecule has 0 unspecified atom stereocenters. The van der Waals surface area contributed by atoms with Crippen molar-refractivity contribution < 1.29 is 9.53 Å². The zero-order valence-electron chi connectivity index (χ0n) is 13.5. The summed E-state index contributed by atoms with van der Waals surface area (Å²) in [5, 5.41) is 3.56. The van der Waals surface area contributed by atoms with Crippen LogP contribution in [-0.2, 0) is 16.0 Å². The number of nitrogens with one attached hydrogen (secondary N) is 2. The minimum atomic E-state index is -0.142. The Bertz CT molecular complexity index is 799. The van der Waals surface area contributed by atoms with Gasteiger partial charge in [-0.25, -0.2) is 4.98 Å². The van der Waals surface area contributed by atoms with Crippen molar-refractivity contribution in [1.29, 1.82) is 0 Å². The summed E-state index contributed by atoms with van der Waals surface area (Å²) in [5.74, 6) is 0.597. The summed E-state index contributed by atoms with van der Waals surface area (Å²) in [5.41, 5.74) is 0.537. The molecule has 2 atom stereocenters. The molecule has 1 aliphatic rings. The number of aromatic nitrogens is 2. The van der Waals surface area contributed by atoms with Crippen molar-refractivity contribution >= 4 is 16.8 Å². The number of ether oxygens (including phenoxy) is 1. The fraction of sp³-hybridized carbons (Fsp3) is 0.389. The van der Waals surface area contributed by atoms with Crippen LogP contribution in [0.25, 0.3) is 10.9 Å². The molecule has 0 bridgehead atoms. The normalized spacial score (nSPS) is 20.2. The van der Waals surface area contributed by atoms with Gasteiger partial charge in [0.25, 0.3) is 5.56 Å². The lowest BCUT2D eigenvalue weighted by Crippen LogP contribution is -2.39. The highest BCUT2D eigenvalue weighted by molar-refractivity contribution is 5.77. The Labute approximate surface area is 139 Å². The minimum Gasteiger partial charge on any atom is -0.372 e. The summed E-state index contributed by atoms with van der Waals surface area (Å²) in [6.07, 6.45) is 3.99. The number of rotatable bonds is 6. The molecule has 6 heteroatoms. The Balaban J connectivity index is 1.54. The largest absolute Gasteiger partial charge is 0.372 e. The van der Waals surface area contributed by atoms with E-state index in [9.17, 15) is 9.59 Å². The van der Waals surface area contributed by atoms with E-state index in [2.05, 4.69) is 21.9 Å². The molecule has 126 valence electrons. The number of aromatic amines is 1. The molecular weight excluding hydrogens is 306 g/mol. The van der Waals surface area contributed by atoms with Crippen molar-refractivity contribution in [2.24, 2.45) is 0 Å². The van der Waals surface area contributed by atoms with Crippen LogP contribution in [0.5, 0.6) is 0 Å². The molecule has 1 aromatic carbocycles. The summed E-state index contributed by atoms with van der Waals surface area (Å²) in [7, 11) is 0. The fourth-order valence-electron chi connectivity index (χ4n) is 2.95. The summed E-state index contributed by atoms with van der Waals surface area (Å²) in [4.78, 5) is 31.3. The van der Waals surface area contributed by atoms with Crippen LogP contribution >= 0.6 is 0 Å². The van der Waals surface area contributed by atoms with Gasteiger partial charge in [0.1, 0.15) is 5.82 Å². The van der Waals surface area contributed by atoms with Crippen LogP contribution in [0.1, 0.15) is 25.1 Å². The van der Waals surface area contributed by atoms with E-state index in [4.69, 9.17) is 4.74 Å². The van der Waals surface area contributed by atoms with E-state index in [0.29, 0.717) is 42.6 Å². The van der Waals surface area contributed by atoms with Gasteiger partial charge in [-0.1, -0.05) is 18.2 Å². The smallest absolute Gasteiger partial charge is 0.258 e. The number of fused-ring (bicyclic) bond motifs is 1. The maximum Gasteiger partial charge on any atom is 0.258 e. The van der Waals surface area contributed by atoms with Crippen molar-refractivity contribution in [2.45, 2.75) is 37.8 Å². The topological polar surface area (TPSA) is 84.1 Å². The van der Waals surface area contributed by atoms with Crippen LogP contribution in [0.3, 0.4) is 0 Å². The highest BCUT2D eigenvalue weighted by atomic mass is 16.5. The molecule has 1 aliphatic heterocycles. The average molecular weight is 327 g/mol. The highest BCUT2D eigenvalue weighted by Gasteiger charge is 2.26. The van der Waals surface area contributed by atoms with Gasteiger partial charge >= 0.3 is 0 Å². The number of carbonyl (C=O) groups is 1. The zero-order valence-corrected chi connectivity index (χ0v) is 13.5. The first-order valence-corrected chi connectivity index (χ1v) is 8.19. The summed E-state index contributed by atoms with van der Waals surface area (Å²) >= 11 is 0. The molecule has 2 aromatic rings. The first kappa shape index (κ1) is 16.4. The maximum atomic E-state index is 12.0. The molecule has 0 spiro atoms. The molecule has 24 heavy (non-hydrogen) atoms. The summed E-state index contributed by atoms with van der Waals surface area (Å²) < 4.78 is 5.46. The summed E-state index contributed by atoms with van der Waals surface area (Å²) in [6, 6.07) is 7.24. The SMILES string of the molecule is C=C[C@@H]1OCC[C@H]1NC(=O)CCCc1nc2ccccc2c(=O)[nH]1. The maximum absolute atomic E-state index is 12.0. The first-order chi connectivity index (χ1) is 11.7. The molecule has 1 fully saturated rings. The number of hydrogen-bond donors (Lipinski definition) is 2. The van der Waals surface area contributed by atoms with E-state index < -0.39 is 0 Å². The lowest BCUT2D eigenvalue weighted by Gasteiger charge is -2.16. The van der Waals surface area contributed by atoms with Gasteiger partial charge in [-0.05, 0) is 25.0 Å². The van der Waals surface area contributed by atoms with Gasteiger partial charge in [-0.2, -0.15) is 0 Å². The van der Waals surface area contributed by atoms with Gasteiger partial charge in [-0.15, -0.1) is 6.58 Å². The molecule has 2 N–H and O–H groups in total. The number of benzene rings is 1. The second kappa shape index (κ2) is 7.40. The fourth-order valence-corrected chi connectivity index (χ4v) is 2.95. The van der Waals surface area contributed by atoms with Crippen LogP contribution in [0.4, 0.5) is 0 Å². The predicted molar refractivity (Wildman–Crippen MR) is 91.8 cm³/mol. The van der Waals surface area contributed by atoms with Crippen molar-refractivity contribution in [2.75, 3.05) is 6.61 Å². The van der Waals surface area contributed by atoms with E-state index in [1.165, 1.54) is 0 Å². The number of amides is 1. The Hall–Kier alpha value is -2.47. The van der Waals surface area contributed by atoms with Crippen LogP contribution in [0.15, 0.2) is 41.7 Å². The Morgan fingerprint density at radius 2 is 2.29 bits per heavy atom. The van der Waals surface area contributed by atoms with Gasteiger partial charge in [0.2, 0.25) is 5.91 Å². The van der Waals surface area contributed by atoms with E-state index >= 15 is 0 Å². The molecule has 6 nitrogen and oxygen atoms in total. The summed E-state index contributed by atoms with van der Waals surface area (Å²) in [6.45, 7) is 4.36. The molecule has 1 saturated heterocycles. The van der Waals surface area contributed by atoms with E-state index in [1.54, 1.807) is 12.1 Å². The van der Waals surface area contributed by atoms with Crippen LogP contribution < -0.4 is 10.9 Å². The van der Waals surface area contributed by atoms with Crippen LogP contribution in [0, 0.1) is 0 Å². The van der Waals surface area contributed by atoms with Crippen LogP contribution in [0.2, 0.25) is 0 Å². The highest BCUT2D eigenvalue weighted by Crippen LogP contribution is 2.14. The number of aryl methyl sites for hydroxylation is 1. The molecular formula is C18H21N3O3. The third-order valence-corrected chi connectivity index (χ3v) is 4.19. The average Bonchev–Trinajstić information content (AvgIpc) is 3.02. The van der Waals surface area contributed by atoms with Gasteiger partial charge in [-0.3, -0.25) is 9.59 Å². The molecule has 0 saturated carbocycles. The van der Waals surface area contributed by atoms with E-state index in [0.717, 1.165) is 6.42 Å². The Morgan fingerprint density at radius 3 is 3.12 bits per heavy atom. The monoisotopic (exact) mass is 327 g/mol. The number of hydrogen-bond acceptors (Lipinski definition) is 4. The molecule has 1 amide bonds. The zero-order chi connectivity index (χ0) is 16.9. The van der Waals surface area contributed by atoms with Crippen molar-refractivity contribution in [3.05, 3.63) is 53.1 Å². The van der Waals surface area contributed by atoms with Crippen molar-refractivity contribution in [3.8, 4) is 0 Å². The molecule has 3 rings (SSSR count). The standard InChI is InChI=1S/C18H21N3O3/c1-2-15-14(10-11-24-15)20-17(22)9-5-8-16-19-13-7-4-3-6-12(13)18(23)21-16/h2-4,6-7,14-15H,1,5,8-11H2,(H,20,22)(H,19,21,23)/t14-,15+/m1/s1. The number of nitrogens with zero attached hydrogens (tertiary/aromatic N) is 1. The number of H-pyrrole nitrogens is 1. The second-order valence-electron chi connectivity index (χ2n) is 5.92. The lowest BCUT2D eigenvalue weighted by molar-refractivity contribution is -0.122. The van der Waals surface area contributed by atoms with Crippen LogP contribution in [-0.4, -0.2) is 34.6 Å². The minimum absolute atomic E-state index is 0.00796. The lowest BCUT2D eigenvalue weighted by atomic mass is 10.1. The molecule has 0 aliphatic carbocycles. The van der Waals surface area contributed by atoms with E-state index in [-0.39, 0.29) is 23.6 Å². The predicted octanol–water partition coefficient (Wildman–Crippen LogP) is 1.71. The van der Waals surface area contributed by atoms with E-state index in [1.807, 2.05) is 18.2 Å². The quantitative estimate of drug-likeness (QED) is 0.791. The Morgan fingerprint density at radius 1 is 1.46 bits per heavy atom.